The molecular weight excluding hydrogens is 620 g/mol. The van der Waals surface area contributed by atoms with Gasteiger partial charge in [0, 0.05) is 47.0 Å². The molecule has 0 aliphatic carbocycles. The predicted octanol–water partition coefficient (Wildman–Crippen LogP) is 7.98. The number of nitrogens with zero attached hydrogens (tertiary/aromatic N) is 7. The summed E-state index contributed by atoms with van der Waals surface area (Å²) >= 11 is 14.3. The van der Waals surface area contributed by atoms with E-state index in [4.69, 9.17) is 23.2 Å². The minimum absolute atomic E-state index is 0.0360. The van der Waals surface area contributed by atoms with Crippen LogP contribution in [-0.2, 0) is 0 Å². The molecule has 9 nitrogen and oxygen atoms in total. The first kappa shape index (κ1) is 30.2. The lowest BCUT2D eigenvalue weighted by Gasteiger charge is -2.40. The van der Waals surface area contributed by atoms with Gasteiger partial charge in [0.1, 0.15) is 23.6 Å². The Morgan fingerprint density at radius 2 is 1.84 bits per heavy atom. The van der Waals surface area contributed by atoms with Crippen molar-refractivity contribution in [3.05, 3.63) is 86.4 Å². The average Bonchev–Trinajstić information content (AvgIpc) is 3.71. The van der Waals surface area contributed by atoms with Gasteiger partial charge in [-0.3, -0.25) is 9.88 Å². The number of hydrogen-bond donors (Lipinski definition) is 2. The minimum atomic E-state index is -0.535. The van der Waals surface area contributed by atoms with Crippen molar-refractivity contribution in [2.45, 2.75) is 51.2 Å². The zero-order chi connectivity index (χ0) is 31.0. The molecule has 13 heteroatoms. The van der Waals surface area contributed by atoms with E-state index < -0.39 is 11.9 Å². The molecule has 2 N–H and O–H groups in total. The quantitative estimate of drug-likeness (QED) is 0.183. The van der Waals surface area contributed by atoms with Gasteiger partial charge in [-0.15, -0.1) is 16.4 Å². The highest BCUT2D eigenvalue weighted by Gasteiger charge is 2.29. The number of fused-ring (bicyclic) bond motifs is 1. The highest BCUT2D eigenvalue weighted by Crippen LogP contribution is 2.37. The van der Waals surface area contributed by atoms with E-state index in [1.165, 1.54) is 29.7 Å². The number of likely N-dealkylation sites (tertiary alicyclic amines) is 1. The van der Waals surface area contributed by atoms with Crippen LogP contribution in [0, 0.1) is 17.1 Å². The predicted molar refractivity (Wildman–Crippen MR) is 173 cm³/mol. The standard InChI is InChI=1S/C31H30Cl2FN9S/c1-31(2,3)42-8-6-21(7-9-42)43-15-26(40-41-43)30(27-16-44-17-37-27)39-20-10-22-28(38-19-4-5-25(34)23(32)11-19)18(13-35)14-36-29(22)24(33)12-20/h4-5,10-12,14-17,21,30,39H,6-9H2,1-3H3,(H,36,38). The van der Waals surface area contributed by atoms with Crippen LogP contribution in [0.1, 0.15) is 62.6 Å². The van der Waals surface area contributed by atoms with Crippen molar-refractivity contribution in [2.24, 2.45) is 0 Å². The van der Waals surface area contributed by atoms with Crippen molar-refractivity contribution >= 4 is 62.5 Å². The lowest BCUT2D eigenvalue weighted by molar-refractivity contribution is 0.0866. The van der Waals surface area contributed by atoms with Gasteiger partial charge in [-0.05, 0) is 63.9 Å². The van der Waals surface area contributed by atoms with Gasteiger partial charge in [-0.25, -0.2) is 14.1 Å². The second-order valence-corrected chi connectivity index (χ2v) is 13.3. The summed E-state index contributed by atoms with van der Waals surface area (Å²) in [5.74, 6) is -0.535. The number of nitrogens with one attached hydrogen (secondary N) is 2. The van der Waals surface area contributed by atoms with Crippen LogP contribution in [0.4, 0.5) is 21.5 Å². The highest BCUT2D eigenvalue weighted by molar-refractivity contribution is 7.07. The van der Waals surface area contributed by atoms with E-state index in [1.807, 2.05) is 22.3 Å². The molecule has 44 heavy (non-hydrogen) atoms. The highest BCUT2D eigenvalue weighted by atomic mass is 35.5. The maximum atomic E-state index is 13.8. The maximum Gasteiger partial charge on any atom is 0.141 e. The largest absolute Gasteiger partial charge is 0.371 e. The Balaban J connectivity index is 1.33. The Labute approximate surface area is 268 Å². The SMILES string of the molecule is CC(C)(C)N1CCC(n2cc(C(Nc3cc(Cl)c4ncc(C#N)c(Nc5ccc(F)c(Cl)c5)c4c3)c3cscn3)nn2)CC1. The molecule has 0 saturated carbocycles. The zero-order valence-corrected chi connectivity index (χ0v) is 26.7. The van der Waals surface area contributed by atoms with Gasteiger partial charge >= 0.3 is 0 Å². The van der Waals surface area contributed by atoms with Crippen LogP contribution < -0.4 is 10.6 Å². The molecule has 4 heterocycles. The van der Waals surface area contributed by atoms with Crippen molar-refractivity contribution in [1.82, 2.24) is 29.9 Å². The minimum Gasteiger partial charge on any atom is -0.371 e. The summed E-state index contributed by atoms with van der Waals surface area (Å²) < 4.78 is 15.8. The number of rotatable bonds is 7. The number of halogens is 3. The summed E-state index contributed by atoms with van der Waals surface area (Å²) in [6, 6.07) is 9.97. The third-order valence-electron chi connectivity index (χ3n) is 7.90. The van der Waals surface area contributed by atoms with E-state index >= 15 is 0 Å². The van der Waals surface area contributed by atoms with Gasteiger partial charge in [-0.2, -0.15) is 5.26 Å². The molecular formula is C31H30Cl2FN9S. The lowest BCUT2D eigenvalue weighted by Crippen LogP contribution is -2.46. The molecule has 1 fully saturated rings. The maximum absolute atomic E-state index is 13.8. The number of piperidine rings is 1. The molecule has 226 valence electrons. The molecule has 1 atom stereocenters. The summed E-state index contributed by atoms with van der Waals surface area (Å²) in [4.78, 5) is 11.5. The summed E-state index contributed by atoms with van der Waals surface area (Å²) in [5.41, 5.74) is 5.91. The molecule has 3 aromatic heterocycles. The van der Waals surface area contributed by atoms with Crippen LogP contribution >= 0.6 is 34.5 Å². The molecule has 0 radical (unpaired) electrons. The van der Waals surface area contributed by atoms with Gasteiger partial charge in [0.05, 0.1) is 50.3 Å². The molecule has 2 aromatic carbocycles. The number of thiazole rings is 1. The number of hydrogen-bond acceptors (Lipinski definition) is 9. The molecule has 1 unspecified atom stereocenters. The van der Waals surface area contributed by atoms with Crippen LogP contribution in [0.25, 0.3) is 10.9 Å². The smallest absolute Gasteiger partial charge is 0.141 e. The number of pyridine rings is 1. The summed E-state index contributed by atoms with van der Waals surface area (Å²) in [6.07, 6.45) is 5.45. The van der Waals surface area contributed by atoms with E-state index in [0.717, 1.165) is 37.3 Å². The van der Waals surface area contributed by atoms with Gasteiger partial charge < -0.3 is 10.6 Å². The fourth-order valence-electron chi connectivity index (χ4n) is 5.51. The van der Waals surface area contributed by atoms with Gasteiger partial charge in [-0.1, -0.05) is 28.4 Å². The third-order valence-corrected chi connectivity index (χ3v) is 9.09. The number of benzene rings is 2. The third kappa shape index (κ3) is 6.21. The second kappa shape index (κ2) is 12.3. The van der Waals surface area contributed by atoms with Crippen molar-refractivity contribution in [1.29, 1.82) is 5.26 Å². The topological polar surface area (TPSA) is 108 Å². The van der Waals surface area contributed by atoms with Crippen LogP contribution in [-0.4, -0.2) is 48.5 Å². The van der Waals surface area contributed by atoms with Gasteiger partial charge in [0.2, 0.25) is 0 Å². The average molecular weight is 651 g/mol. The molecule has 0 bridgehead atoms. The van der Waals surface area contributed by atoms with Gasteiger partial charge in [0.15, 0.2) is 0 Å². The van der Waals surface area contributed by atoms with Crippen molar-refractivity contribution in [3.63, 3.8) is 0 Å². The van der Waals surface area contributed by atoms with E-state index in [9.17, 15) is 9.65 Å². The van der Waals surface area contributed by atoms with E-state index in [1.54, 1.807) is 17.6 Å². The van der Waals surface area contributed by atoms with Crippen LogP contribution in [0.15, 0.2) is 53.6 Å². The first-order valence-corrected chi connectivity index (χ1v) is 15.9. The number of aromatic nitrogens is 5. The lowest BCUT2D eigenvalue weighted by atomic mass is 9.98. The van der Waals surface area contributed by atoms with Crippen molar-refractivity contribution < 1.29 is 4.39 Å². The zero-order valence-electron chi connectivity index (χ0n) is 24.4. The Kier molecular flexibility index (Phi) is 8.44. The Bertz CT molecular complexity index is 1840. The summed E-state index contributed by atoms with van der Waals surface area (Å²) in [6.45, 7) is 8.76. The first-order chi connectivity index (χ1) is 21.1. The fourth-order valence-corrected chi connectivity index (χ4v) is 6.54. The van der Waals surface area contributed by atoms with Crippen LogP contribution in [0.3, 0.4) is 0 Å². The first-order valence-electron chi connectivity index (χ1n) is 14.2. The number of nitriles is 1. The molecule has 5 aromatic rings. The van der Waals surface area contributed by atoms with E-state index in [0.29, 0.717) is 38.6 Å². The molecule has 1 aliphatic heterocycles. The fraction of sp³-hybridized carbons (Fsp3) is 0.323. The van der Waals surface area contributed by atoms with Gasteiger partial charge in [0.25, 0.3) is 0 Å². The molecule has 1 aliphatic rings. The Morgan fingerprint density at radius 1 is 1.07 bits per heavy atom. The Morgan fingerprint density at radius 3 is 2.52 bits per heavy atom. The van der Waals surface area contributed by atoms with Crippen LogP contribution in [0.5, 0.6) is 0 Å². The van der Waals surface area contributed by atoms with Crippen molar-refractivity contribution in [3.8, 4) is 6.07 Å². The summed E-state index contributed by atoms with van der Waals surface area (Å²) in [5, 5.41) is 28.7. The molecule has 6 rings (SSSR count). The van der Waals surface area contributed by atoms with Crippen LogP contribution in [0.2, 0.25) is 10.0 Å². The van der Waals surface area contributed by atoms with Crippen molar-refractivity contribution in [2.75, 3.05) is 23.7 Å². The van der Waals surface area contributed by atoms with E-state index in [-0.39, 0.29) is 16.6 Å². The molecule has 1 saturated heterocycles. The molecule has 0 amide bonds. The second-order valence-electron chi connectivity index (χ2n) is 11.8. The number of anilines is 3. The normalized spacial score (nSPS) is 15.3. The Hall–Kier alpha value is -3.82. The monoisotopic (exact) mass is 649 g/mol. The van der Waals surface area contributed by atoms with E-state index in [2.05, 4.69) is 62.7 Å². The summed E-state index contributed by atoms with van der Waals surface area (Å²) in [7, 11) is 0. The molecule has 0 spiro atoms.